The Kier molecular flexibility index (Phi) is 19.7. The lowest BCUT2D eigenvalue weighted by Gasteiger charge is -2.25. The maximum atomic E-state index is 14.1. The van der Waals surface area contributed by atoms with Crippen molar-refractivity contribution in [3.8, 4) is 44.3 Å². The molecule has 0 bridgehead atoms. The first-order valence-electron chi connectivity index (χ1n) is 27.2. The van der Waals surface area contributed by atoms with Crippen LogP contribution in [-0.2, 0) is 34.5 Å². The van der Waals surface area contributed by atoms with Crippen LogP contribution in [0.5, 0.6) is 11.5 Å². The van der Waals surface area contributed by atoms with E-state index in [1.54, 1.807) is 70.6 Å². The molecule has 1 saturated heterocycles. The van der Waals surface area contributed by atoms with E-state index in [0.29, 0.717) is 65.2 Å². The molecular weight excluding hydrogens is 1080 g/mol. The summed E-state index contributed by atoms with van der Waals surface area (Å²) in [5.74, 6) is -3.14. The van der Waals surface area contributed by atoms with Crippen LogP contribution >= 0.6 is 23.3 Å². The number of halogens is 4. The van der Waals surface area contributed by atoms with Crippen molar-refractivity contribution in [2.24, 2.45) is 12.5 Å². The van der Waals surface area contributed by atoms with Gasteiger partial charge in [0.05, 0.1) is 52.0 Å². The van der Waals surface area contributed by atoms with Crippen LogP contribution < -0.4 is 30.6 Å². The second-order valence-electron chi connectivity index (χ2n) is 22.1. The van der Waals surface area contributed by atoms with Gasteiger partial charge >= 0.3 is 5.76 Å². The molecule has 9 rings (SSSR count). The molecule has 2 atom stereocenters. The van der Waals surface area contributed by atoms with Gasteiger partial charge in [-0.25, -0.2) is 18.7 Å². The lowest BCUT2D eigenvalue weighted by Crippen LogP contribution is -2.45. The second-order valence-corrected chi connectivity index (χ2v) is 23.8. The molecule has 2 fully saturated rings. The zero-order valence-corrected chi connectivity index (χ0v) is 48.4. The zero-order chi connectivity index (χ0) is 58.0. The van der Waals surface area contributed by atoms with Crippen LogP contribution in [0.2, 0.25) is 0 Å². The molecular formula is C59H71F4N11O5S2. The van der Waals surface area contributed by atoms with Crippen LogP contribution in [0.1, 0.15) is 115 Å². The normalized spacial score (nSPS) is 15.1. The third kappa shape index (κ3) is 16.0. The fraction of sp³-hybridized carbons (Fsp3) is 0.441. The van der Waals surface area contributed by atoms with E-state index in [1.807, 2.05) is 48.6 Å². The third-order valence-corrected chi connectivity index (χ3v) is 15.2. The van der Waals surface area contributed by atoms with Gasteiger partial charge in [0.2, 0.25) is 11.8 Å². The highest BCUT2D eigenvalue weighted by Crippen LogP contribution is 2.42. The molecule has 0 spiro atoms. The standard InChI is InChI=1S/C54H59F4N11O5S2.C5H12/c1-32-50(75-31-63-32)36-10-11-37(26-60-45(70)25-40-9-8-21-69(40)46(71)29-62-52(72)54(58)18-19-54)43(24-36)73-22-7-5-4-6-20-68-30-38(27-64-68)41-28-61-51(59)47-48(65-67(3)49(41)47)35-14-17-42(66-76-53(56)57)44(23-35)74-33(2)34-12-15-39(55)16-13-34;1-5(2,3)4/h10-17,23-24,27-28,30-31,33,40,53,66H,4-9,18-22,25-26,29H2,1-3H3,(H2,59,61)(H,60,70)(H,62,72);1-4H3/t33-,40?;/m0./s1. The first kappa shape index (κ1) is 59.9. The van der Waals surface area contributed by atoms with Gasteiger partial charge in [-0.05, 0) is 106 Å². The molecule has 5 N–H and O–H groups in total. The Balaban J connectivity index is 0.00000165. The molecule has 16 nitrogen and oxygen atoms in total. The minimum Gasteiger partial charge on any atom is -0.493 e. The lowest BCUT2D eigenvalue weighted by molar-refractivity contribution is -0.136. The Bertz CT molecular complexity index is 3300. The molecule has 432 valence electrons. The number of aromatic nitrogens is 6. The number of benzene rings is 3. The topological polar surface area (TPSA) is 196 Å². The van der Waals surface area contributed by atoms with Gasteiger partial charge < -0.3 is 35.5 Å². The number of alkyl halides is 3. The molecule has 4 aromatic heterocycles. The van der Waals surface area contributed by atoms with Gasteiger partial charge in [-0.3, -0.25) is 23.7 Å². The Labute approximate surface area is 478 Å². The number of ether oxygens (including phenoxy) is 2. The SMILES string of the molecule is CC(C)(C)C.Cc1ncsc1-c1ccc(CNC(=O)CC2CCCN2C(=O)CNC(=O)C2(F)CC2)c(OCCCCCCn2cc(-c3cnc(N)c4c(-c5ccc(NSC(F)F)c(O[C@@H](C)c6ccc(F)cc6)c5)nn(C)c34)cn2)c1. The third-order valence-electron chi connectivity index (χ3n) is 13.7. The first-order valence-corrected chi connectivity index (χ1v) is 29.0. The average Bonchev–Trinajstić information content (AvgIpc) is 3.98. The number of nitrogens with zero attached hydrogens (tertiary/aromatic N) is 7. The zero-order valence-electron chi connectivity index (χ0n) is 46.8. The number of anilines is 2. The molecule has 0 radical (unpaired) electrons. The fourth-order valence-electron chi connectivity index (χ4n) is 9.40. The van der Waals surface area contributed by atoms with Crippen molar-refractivity contribution in [3.05, 3.63) is 107 Å². The average molecular weight is 1150 g/mol. The van der Waals surface area contributed by atoms with Crippen LogP contribution in [0, 0.1) is 18.2 Å². The molecule has 1 aliphatic heterocycles. The molecule has 3 aromatic carbocycles. The van der Waals surface area contributed by atoms with Gasteiger partial charge in [0.15, 0.2) is 5.67 Å². The number of hydrogen-bond acceptors (Lipinski definition) is 13. The van der Waals surface area contributed by atoms with Gasteiger partial charge in [-0.1, -0.05) is 64.4 Å². The minimum absolute atomic E-state index is 0.111. The van der Waals surface area contributed by atoms with E-state index in [4.69, 9.17) is 20.3 Å². The van der Waals surface area contributed by atoms with E-state index in [2.05, 4.69) is 58.1 Å². The monoisotopic (exact) mass is 1150 g/mol. The quantitative estimate of drug-likeness (QED) is 0.0254. The Hall–Kier alpha value is -7.20. The summed E-state index contributed by atoms with van der Waals surface area (Å²) < 4.78 is 73.3. The number of nitrogens with one attached hydrogen (secondary N) is 3. The number of amides is 3. The van der Waals surface area contributed by atoms with Crippen molar-refractivity contribution in [2.45, 2.75) is 136 Å². The molecule has 81 heavy (non-hydrogen) atoms. The number of hydrogen-bond donors (Lipinski definition) is 4. The summed E-state index contributed by atoms with van der Waals surface area (Å²) in [6.45, 7) is 14.1. The van der Waals surface area contributed by atoms with Gasteiger partial charge in [-0.2, -0.15) is 19.0 Å². The molecule has 1 aliphatic carbocycles. The summed E-state index contributed by atoms with van der Waals surface area (Å²) in [5, 5.41) is 15.6. The fourth-order valence-corrected chi connectivity index (χ4v) is 10.6. The van der Waals surface area contributed by atoms with E-state index in [0.717, 1.165) is 70.4 Å². The Morgan fingerprint density at radius 3 is 2.38 bits per heavy atom. The lowest BCUT2D eigenvalue weighted by atomic mass is 10.0. The van der Waals surface area contributed by atoms with Crippen molar-refractivity contribution in [3.63, 3.8) is 0 Å². The van der Waals surface area contributed by atoms with Crippen molar-refractivity contribution >= 4 is 63.4 Å². The Morgan fingerprint density at radius 2 is 1.67 bits per heavy atom. The summed E-state index contributed by atoms with van der Waals surface area (Å²) in [7, 11) is 1.81. The number of pyridine rings is 1. The summed E-state index contributed by atoms with van der Waals surface area (Å²) in [4.78, 5) is 49.9. The molecule has 3 amide bonds. The highest BCUT2D eigenvalue weighted by molar-refractivity contribution is 8.00. The maximum absolute atomic E-state index is 14.1. The first-order chi connectivity index (χ1) is 38.6. The number of unbranched alkanes of at least 4 members (excludes halogenated alkanes) is 3. The van der Waals surface area contributed by atoms with E-state index in [1.165, 1.54) is 12.1 Å². The van der Waals surface area contributed by atoms with Gasteiger partial charge in [-0.15, -0.1) is 11.3 Å². The minimum atomic E-state index is -2.68. The number of nitrogen functional groups attached to an aromatic ring is 1. The largest absolute Gasteiger partial charge is 0.493 e. The molecule has 1 unspecified atom stereocenters. The Morgan fingerprint density at radius 1 is 0.938 bits per heavy atom. The number of carbonyl (C=O) groups is 3. The van der Waals surface area contributed by atoms with Gasteiger partial charge in [0.1, 0.15) is 34.9 Å². The number of thiazole rings is 1. The smallest absolute Gasteiger partial charge is 0.302 e. The second kappa shape index (κ2) is 26.6. The number of rotatable bonds is 24. The molecule has 2 aliphatic rings. The van der Waals surface area contributed by atoms with Crippen molar-refractivity contribution in [1.82, 2.24) is 45.1 Å². The van der Waals surface area contributed by atoms with E-state index in [9.17, 15) is 31.9 Å². The highest BCUT2D eigenvalue weighted by Gasteiger charge is 2.51. The van der Waals surface area contributed by atoms with Crippen LogP contribution in [-0.4, -0.2) is 89.3 Å². The van der Waals surface area contributed by atoms with Crippen molar-refractivity contribution in [1.29, 1.82) is 0 Å². The predicted octanol–water partition coefficient (Wildman–Crippen LogP) is 12.4. The van der Waals surface area contributed by atoms with Crippen LogP contribution in [0.15, 0.2) is 84.8 Å². The van der Waals surface area contributed by atoms with Crippen LogP contribution in [0.3, 0.4) is 0 Å². The number of carbonyl (C=O) groups excluding carboxylic acids is 3. The number of aryl methyl sites for hydroxylation is 3. The van der Waals surface area contributed by atoms with Crippen molar-refractivity contribution in [2.75, 3.05) is 30.2 Å². The van der Waals surface area contributed by atoms with E-state index in [-0.39, 0.29) is 79.5 Å². The van der Waals surface area contributed by atoms with E-state index < -0.39 is 23.4 Å². The molecule has 5 heterocycles. The number of nitrogens with two attached hydrogens (primary N) is 1. The summed E-state index contributed by atoms with van der Waals surface area (Å²) in [6.07, 6.45) is 10.2. The molecule has 1 saturated carbocycles. The molecule has 7 aromatic rings. The molecule has 22 heteroatoms. The van der Waals surface area contributed by atoms with Crippen molar-refractivity contribution < 1.29 is 41.4 Å². The van der Waals surface area contributed by atoms with Gasteiger partial charge in [0.25, 0.3) is 5.91 Å². The predicted molar refractivity (Wildman–Crippen MR) is 311 cm³/mol. The summed E-state index contributed by atoms with van der Waals surface area (Å²) in [5.41, 5.74) is 14.2. The number of likely N-dealkylation sites (tertiary alicyclic amines) is 1. The number of fused-ring (bicyclic) bond motifs is 1. The maximum Gasteiger partial charge on any atom is 0.302 e. The van der Waals surface area contributed by atoms with Crippen LogP contribution in [0.25, 0.3) is 43.7 Å². The van der Waals surface area contributed by atoms with Gasteiger partial charge in [0, 0.05) is 85.7 Å². The van der Waals surface area contributed by atoms with Crippen LogP contribution in [0.4, 0.5) is 29.1 Å². The summed E-state index contributed by atoms with van der Waals surface area (Å²) in [6, 6.07) is 16.6. The highest BCUT2D eigenvalue weighted by atomic mass is 32.2. The van der Waals surface area contributed by atoms with E-state index >= 15 is 0 Å². The summed E-state index contributed by atoms with van der Waals surface area (Å²) >= 11 is 1.79.